The summed E-state index contributed by atoms with van der Waals surface area (Å²) in [6.07, 6.45) is 1.76. The number of hydrogen-bond donors (Lipinski definition) is 2. The van der Waals surface area contributed by atoms with Gasteiger partial charge in [0, 0.05) is 25.9 Å². The van der Waals surface area contributed by atoms with Gasteiger partial charge in [-0.15, -0.1) is 0 Å². The van der Waals surface area contributed by atoms with E-state index in [0.29, 0.717) is 12.5 Å². The van der Waals surface area contributed by atoms with Crippen molar-refractivity contribution in [3.63, 3.8) is 0 Å². The summed E-state index contributed by atoms with van der Waals surface area (Å²) in [5.74, 6) is 1.34. The molecule has 0 fully saturated rings. The van der Waals surface area contributed by atoms with Crippen molar-refractivity contribution < 1.29 is 0 Å². The minimum absolute atomic E-state index is 0.570. The number of nitrogens with one attached hydrogen (secondary N) is 2. The minimum Gasteiger partial charge on any atom is -0.366 e. The van der Waals surface area contributed by atoms with Crippen molar-refractivity contribution in [2.75, 3.05) is 17.7 Å². The average molecular weight is 305 g/mol. The minimum atomic E-state index is 0.570. The number of hydrogen-bond acceptors (Lipinski definition) is 5. The number of nitrogens with zero attached hydrogens (tertiary/aromatic N) is 3. The van der Waals surface area contributed by atoms with Crippen molar-refractivity contribution in [2.45, 2.75) is 13.5 Å². The molecule has 5 heteroatoms. The maximum atomic E-state index is 4.47. The molecular formula is C18H19N5. The van der Waals surface area contributed by atoms with E-state index < -0.39 is 0 Å². The van der Waals surface area contributed by atoms with E-state index in [1.807, 2.05) is 43.4 Å². The largest absolute Gasteiger partial charge is 0.366 e. The lowest BCUT2D eigenvalue weighted by atomic mass is 10.1. The fourth-order valence-electron chi connectivity index (χ4n) is 2.29. The zero-order valence-electron chi connectivity index (χ0n) is 13.2. The standard InChI is InChI=1S/C18H19N5/c1-13-7-3-4-8-14(13)12-21-17-11-16(22-18(19-2)23-17)15-9-5-6-10-20-15/h3-11H,12H2,1-2H3,(H2,19,21,22,23). The molecule has 0 saturated carbocycles. The molecule has 0 atom stereocenters. The van der Waals surface area contributed by atoms with Crippen LogP contribution in [0, 0.1) is 6.92 Å². The van der Waals surface area contributed by atoms with Crippen molar-refractivity contribution in [2.24, 2.45) is 0 Å². The van der Waals surface area contributed by atoms with Gasteiger partial charge >= 0.3 is 0 Å². The Morgan fingerprint density at radius 3 is 2.52 bits per heavy atom. The molecule has 0 radical (unpaired) electrons. The normalized spacial score (nSPS) is 10.3. The van der Waals surface area contributed by atoms with E-state index in [1.54, 1.807) is 6.20 Å². The molecule has 0 aliphatic carbocycles. The molecule has 0 saturated heterocycles. The predicted octanol–water partition coefficient (Wildman–Crippen LogP) is 3.50. The SMILES string of the molecule is CNc1nc(NCc2ccccc2C)cc(-c2ccccn2)n1. The van der Waals surface area contributed by atoms with Gasteiger partial charge < -0.3 is 10.6 Å². The van der Waals surface area contributed by atoms with Gasteiger partial charge in [-0.1, -0.05) is 30.3 Å². The van der Waals surface area contributed by atoms with Crippen LogP contribution in [0.3, 0.4) is 0 Å². The van der Waals surface area contributed by atoms with Crippen LogP contribution < -0.4 is 10.6 Å². The van der Waals surface area contributed by atoms with Gasteiger partial charge in [-0.05, 0) is 30.2 Å². The van der Waals surface area contributed by atoms with Crippen LogP contribution in [0.2, 0.25) is 0 Å². The number of aromatic nitrogens is 3. The summed E-state index contributed by atoms with van der Waals surface area (Å²) in [5, 5.41) is 6.36. The Morgan fingerprint density at radius 2 is 1.78 bits per heavy atom. The fourth-order valence-corrected chi connectivity index (χ4v) is 2.29. The van der Waals surface area contributed by atoms with Crippen molar-refractivity contribution >= 4 is 11.8 Å². The highest BCUT2D eigenvalue weighted by Gasteiger charge is 2.07. The van der Waals surface area contributed by atoms with Gasteiger partial charge in [0.25, 0.3) is 0 Å². The molecule has 23 heavy (non-hydrogen) atoms. The first kappa shape index (κ1) is 15.0. The molecule has 1 aromatic carbocycles. The third-order valence-corrected chi connectivity index (χ3v) is 3.60. The summed E-state index contributed by atoms with van der Waals surface area (Å²) < 4.78 is 0. The number of aryl methyl sites for hydroxylation is 1. The van der Waals surface area contributed by atoms with Crippen LogP contribution in [0.1, 0.15) is 11.1 Å². The van der Waals surface area contributed by atoms with E-state index in [0.717, 1.165) is 17.2 Å². The van der Waals surface area contributed by atoms with E-state index in [9.17, 15) is 0 Å². The Labute approximate surface area is 135 Å². The van der Waals surface area contributed by atoms with Gasteiger partial charge in [0.2, 0.25) is 5.95 Å². The van der Waals surface area contributed by atoms with E-state index in [-0.39, 0.29) is 0 Å². The number of anilines is 2. The van der Waals surface area contributed by atoms with Gasteiger partial charge in [0.05, 0.1) is 11.4 Å². The van der Waals surface area contributed by atoms with Crippen LogP contribution in [0.15, 0.2) is 54.7 Å². The van der Waals surface area contributed by atoms with Crippen LogP contribution >= 0.6 is 0 Å². The van der Waals surface area contributed by atoms with Crippen LogP contribution in [-0.4, -0.2) is 22.0 Å². The van der Waals surface area contributed by atoms with Crippen molar-refractivity contribution in [3.8, 4) is 11.4 Å². The summed E-state index contributed by atoms with van der Waals surface area (Å²) in [6.45, 7) is 2.82. The third kappa shape index (κ3) is 3.63. The van der Waals surface area contributed by atoms with Crippen LogP contribution in [-0.2, 0) is 6.54 Å². The van der Waals surface area contributed by atoms with Gasteiger partial charge in [0.1, 0.15) is 5.82 Å². The summed E-state index contributed by atoms with van der Waals surface area (Å²) in [4.78, 5) is 13.3. The molecule has 0 amide bonds. The fraction of sp³-hybridized carbons (Fsp3) is 0.167. The average Bonchev–Trinajstić information content (AvgIpc) is 2.61. The molecule has 0 aliphatic rings. The highest BCUT2D eigenvalue weighted by Crippen LogP contribution is 2.20. The van der Waals surface area contributed by atoms with Crippen molar-refractivity contribution in [3.05, 3.63) is 65.9 Å². The van der Waals surface area contributed by atoms with Gasteiger partial charge in [-0.3, -0.25) is 4.98 Å². The number of pyridine rings is 1. The lowest BCUT2D eigenvalue weighted by molar-refractivity contribution is 1.06. The highest BCUT2D eigenvalue weighted by atomic mass is 15.1. The monoisotopic (exact) mass is 305 g/mol. The first-order valence-electron chi connectivity index (χ1n) is 7.53. The Hall–Kier alpha value is -2.95. The molecule has 2 heterocycles. The van der Waals surface area contributed by atoms with Crippen LogP contribution in [0.4, 0.5) is 11.8 Å². The van der Waals surface area contributed by atoms with Crippen molar-refractivity contribution in [1.29, 1.82) is 0 Å². The maximum absolute atomic E-state index is 4.47. The molecule has 0 bridgehead atoms. The predicted molar refractivity (Wildman–Crippen MR) is 93.3 cm³/mol. The number of rotatable bonds is 5. The van der Waals surface area contributed by atoms with Crippen LogP contribution in [0.5, 0.6) is 0 Å². The van der Waals surface area contributed by atoms with Crippen LogP contribution in [0.25, 0.3) is 11.4 Å². The summed E-state index contributed by atoms with van der Waals surface area (Å²) in [6, 6.07) is 16.0. The third-order valence-electron chi connectivity index (χ3n) is 3.60. The second-order valence-corrected chi connectivity index (χ2v) is 5.21. The first-order chi connectivity index (χ1) is 11.3. The zero-order chi connectivity index (χ0) is 16.1. The molecule has 3 rings (SSSR count). The lowest BCUT2D eigenvalue weighted by Gasteiger charge is -2.11. The van der Waals surface area contributed by atoms with Gasteiger partial charge in [0.15, 0.2) is 0 Å². The van der Waals surface area contributed by atoms with Crippen molar-refractivity contribution in [1.82, 2.24) is 15.0 Å². The second-order valence-electron chi connectivity index (χ2n) is 5.21. The molecule has 0 unspecified atom stereocenters. The first-order valence-corrected chi connectivity index (χ1v) is 7.53. The molecular weight excluding hydrogens is 286 g/mol. The topological polar surface area (TPSA) is 62.7 Å². The molecule has 0 spiro atoms. The Kier molecular flexibility index (Phi) is 4.47. The smallest absolute Gasteiger partial charge is 0.224 e. The number of benzene rings is 1. The lowest BCUT2D eigenvalue weighted by Crippen LogP contribution is -2.06. The van der Waals surface area contributed by atoms with E-state index >= 15 is 0 Å². The zero-order valence-corrected chi connectivity index (χ0v) is 13.2. The molecule has 2 aromatic heterocycles. The summed E-state index contributed by atoms with van der Waals surface area (Å²) in [7, 11) is 1.81. The van der Waals surface area contributed by atoms with Gasteiger partial charge in [-0.2, -0.15) is 4.98 Å². The Balaban J connectivity index is 1.86. The summed E-state index contributed by atoms with van der Waals surface area (Å²) in [5.41, 5.74) is 4.12. The Bertz CT molecular complexity index is 786. The molecule has 116 valence electrons. The second kappa shape index (κ2) is 6.87. The summed E-state index contributed by atoms with van der Waals surface area (Å²) >= 11 is 0. The maximum Gasteiger partial charge on any atom is 0.224 e. The Morgan fingerprint density at radius 1 is 0.957 bits per heavy atom. The quantitative estimate of drug-likeness (QED) is 0.755. The molecule has 0 aliphatic heterocycles. The molecule has 2 N–H and O–H groups in total. The van der Waals surface area contributed by atoms with E-state index in [1.165, 1.54) is 11.1 Å². The van der Waals surface area contributed by atoms with E-state index in [2.05, 4.69) is 44.6 Å². The molecule has 3 aromatic rings. The highest BCUT2D eigenvalue weighted by molar-refractivity contribution is 5.60. The molecule has 5 nitrogen and oxygen atoms in total. The van der Waals surface area contributed by atoms with Gasteiger partial charge in [-0.25, -0.2) is 4.98 Å². The van der Waals surface area contributed by atoms with E-state index in [4.69, 9.17) is 0 Å².